The predicted molar refractivity (Wildman–Crippen MR) is 110 cm³/mol. The van der Waals surface area contributed by atoms with Gasteiger partial charge in [-0.3, -0.25) is 14.1 Å². The zero-order chi connectivity index (χ0) is 20.3. The van der Waals surface area contributed by atoms with Crippen LogP contribution >= 0.6 is 0 Å². The van der Waals surface area contributed by atoms with Crippen LogP contribution in [-0.2, 0) is 10.0 Å². The lowest BCUT2D eigenvalue weighted by Gasteiger charge is -2.22. The van der Waals surface area contributed by atoms with Crippen LogP contribution in [0.15, 0.2) is 71.9 Å². The summed E-state index contributed by atoms with van der Waals surface area (Å²) in [5.74, 6) is -0.338. The molecule has 0 spiro atoms. The van der Waals surface area contributed by atoms with Crippen LogP contribution in [0.1, 0.15) is 21.5 Å². The van der Waals surface area contributed by atoms with E-state index in [1.54, 1.807) is 73.9 Å². The van der Waals surface area contributed by atoms with E-state index >= 15 is 0 Å². The molecule has 0 saturated carbocycles. The van der Waals surface area contributed by atoms with Crippen molar-refractivity contribution in [1.82, 2.24) is 4.98 Å². The molecule has 0 bridgehead atoms. The average Bonchev–Trinajstić information content (AvgIpc) is 2.69. The molecule has 144 valence electrons. The maximum Gasteiger partial charge on any atom is 0.264 e. The second-order valence-corrected chi connectivity index (χ2v) is 8.45. The highest BCUT2D eigenvalue weighted by atomic mass is 32.2. The summed E-state index contributed by atoms with van der Waals surface area (Å²) in [4.78, 5) is 16.7. The van der Waals surface area contributed by atoms with Gasteiger partial charge in [0.25, 0.3) is 15.9 Å². The molecule has 2 aromatic carbocycles. The maximum absolute atomic E-state index is 13.0. The zero-order valence-corrected chi connectivity index (χ0v) is 16.7. The fraction of sp³-hybridized carbons (Fsp3) is 0.143. The Labute approximate surface area is 164 Å². The minimum absolute atomic E-state index is 0.199. The first-order chi connectivity index (χ1) is 13.3. The van der Waals surface area contributed by atoms with Gasteiger partial charge in [0.1, 0.15) is 0 Å². The Morgan fingerprint density at radius 2 is 1.75 bits per heavy atom. The first-order valence-corrected chi connectivity index (χ1v) is 10.1. The van der Waals surface area contributed by atoms with Gasteiger partial charge in [0, 0.05) is 18.8 Å². The van der Waals surface area contributed by atoms with Crippen LogP contribution in [0.2, 0.25) is 0 Å². The van der Waals surface area contributed by atoms with Crippen LogP contribution in [0.3, 0.4) is 0 Å². The van der Waals surface area contributed by atoms with Gasteiger partial charge in [0.05, 0.1) is 22.5 Å². The molecule has 1 aromatic heterocycles. The number of carbonyl (C=O) groups is 1. The third-order valence-corrected chi connectivity index (χ3v) is 6.20. The summed E-state index contributed by atoms with van der Waals surface area (Å²) < 4.78 is 27.2. The van der Waals surface area contributed by atoms with Gasteiger partial charge in [-0.25, -0.2) is 8.42 Å². The van der Waals surface area contributed by atoms with Crippen molar-refractivity contribution in [2.45, 2.75) is 18.7 Å². The molecule has 0 atom stereocenters. The third-order valence-electron chi connectivity index (χ3n) is 4.41. The summed E-state index contributed by atoms with van der Waals surface area (Å²) in [6.45, 7) is 3.70. The van der Waals surface area contributed by atoms with Gasteiger partial charge in [-0.1, -0.05) is 23.8 Å². The number of sulfonamides is 1. The van der Waals surface area contributed by atoms with Gasteiger partial charge in [0.15, 0.2) is 0 Å². The van der Waals surface area contributed by atoms with Crippen LogP contribution in [-0.4, -0.2) is 26.4 Å². The van der Waals surface area contributed by atoms with Gasteiger partial charge in [-0.15, -0.1) is 0 Å². The molecular formula is C21H21N3O3S. The number of aryl methyl sites for hydroxylation is 2. The van der Waals surface area contributed by atoms with Crippen LogP contribution in [0.5, 0.6) is 0 Å². The van der Waals surface area contributed by atoms with Crippen LogP contribution in [0, 0.1) is 13.8 Å². The minimum Gasteiger partial charge on any atom is -0.321 e. The van der Waals surface area contributed by atoms with Crippen molar-refractivity contribution in [2.24, 2.45) is 0 Å². The van der Waals surface area contributed by atoms with E-state index in [-0.39, 0.29) is 10.8 Å². The maximum atomic E-state index is 13.0. The molecule has 1 N–H and O–H groups in total. The minimum atomic E-state index is -3.74. The summed E-state index contributed by atoms with van der Waals surface area (Å²) in [5, 5.41) is 2.75. The van der Waals surface area contributed by atoms with E-state index < -0.39 is 10.0 Å². The van der Waals surface area contributed by atoms with Gasteiger partial charge in [-0.05, 0) is 55.8 Å². The Bertz CT molecular complexity index is 1100. The monoisotopic (exact) mass is 395 g/mol. The standard InChI is InChI=1S/C21H21N3O3S/c1-15-6-10-19(11-7-15)28(26,27)24(3)20-13-17(9-8-16(20)2)21(25)23-18-5-4-12-22-14-18/h4-14H,1-3H3,(H,23,25). The lowest BCUT2D eigenvalue weighted by molar-refractivity contribution is 0.102. The number of nitrogens with one attached hydrogen (secondary N) is 1. The zero-order valence-electron chi connectivity index (χ0n) is 15.9. The topological polar surface area (TPSA) is 79.4 Å². The highest BCUT2D eigenvalue weighted by molar-refractivity contribution is 7.92. The Morgan fingerprint density at radius 3 is 2.39 bits per heavy atom. The number of rotatable bonds is 5. The van der Waals surface area contributed by atoms with Crippen molar-refractivity contribution in [3.8, 4) is 0 Å². The number of anilines is 2. The van der Waals surface area contributed by atoms with Crippen molar-refractivity contribution in [3.63, 3.8) is 0 Å². The van der Waals surface area contributed by atoms with E-state index in [4.69, 9.17) is 0 Å². The Hall–Kier alpha value is -3.19. The van der Waals surface area contributed by atoms with E-state index in [9.17, 15) is 13.2 Å². The predicted octanol–water partition coefficient (Wildman–Crippen LogP) is 3.78. The quantitative estimate of drug-likeness (QED) is 0.713. The molecule has 0 aliphatic heterocycles. The van der Waals surface area contributed by atoms with Gasteiger partial charge in [0.2, 0.25) is 0 Å². The highest BCUT2D eigenvalue weighted by Gasteiger charge is 2.23. The molecule has 0 aliphatic rings. The molecule has 0 radical (unpaired) electrons. The molecule has 3 aromatic rings. The summed E-state index contributed by atoms with van der Waals surface area (Å²) in [6.07, 6.45) is 3.16. The number of aromatic nitrogens is 1. The van der Waals surface area contributed by atoms with E-state index in [0.29, 0.717) is 16.9 Å². The lowest BCUT2D eigenvalue weighted by atomic mass is 10.1. The molecule has 0 aliphatic carbocycles. The fourth-order valence-electron chi connectivity index (χ4n) is 2.73. The van der Waals surface area contributed by atoms with E-state index in [0.717, 1.165) is 11.1 Å². The van der Waals surface area contributed by atoms with Crippen molar-refractivity contribution in [3.05, 3.63) is 83.7 Å². The molecule has 6 nitrogen and oxygen atoms in total. The first kappa shape index (κ1) is 19.6. The molecule has 7 heteroatoms. The van der Waals surface area contributed by atoms with E-state index in [2.05, 4.69) is 10.3 Å². The molecule has 28 heavy (non-hydrogen) atoms. The molecular weight excluding hydrogens is 374 g/mol. The fourth-order valence-corrected chi connectivity index (χ4v) is 3.98. The largest absolute Gasteiger partial charge is 0.321 e. The van der Waals surface area contributed by atoms with Crippen molar-refractivity contribution in [1.29, 1.82) is 0 Å². The normalized spacial score (nSPS) is 11.1. The Balaban J connectivity index is 1.92. The molecule has 1 heterocycles. The molecule has 0 saturated heterocycles. The van der Waals surface area contributed by atoms with Gasteiger partial charge >= 0.3 is 0 Å². The SMILES string of the molecule is Cc1ccc(S(=O)(=O)N(C)c2cc(C(=O)Nc3cccnc3)ccc2C)cc1. The van der Waals surface area contributed by atoms with Crippen molar-refractivity contribution >= 4 is 27.3 Å². The van der Waals surface area contributed by atoms with Crippen LogP contribution in [0.4, 0.5) is 11.4 Å². The number of carbonyl (C=O) groups excluding carboxylic acids is 1. The molecule has 1 amide bonds. The number of benzene rings is 2. The average molecular weight is 395 g/mol. The smallest absolute Gasteiger partial charge is 0.264 e. The number of amides is 1. The molecule has 3 rings (SSSR count). The van der Waals surface area contributed by atoms with Crippen LogP contribution < -0.4 is 9.62 Å². The second kappa shape index (κ2) is 7.82. The number of hydrogen-bond acceptors (Lipinski definition) is 4. The summed E-state index contributed by atoms with van der Waals surface area (Å²) >= 11 is 0. The Morgan fingerprint density at radius 1 is 1.04 bits per heavy atom. The number of pyridine rings is 1. The molecule has 0 fully saturated rings. The summed E-state index contributed by atoms with van der Waals surface area (Å²) in [5.41, 5.74) is 3.09. The van der Waals surface area contributed by atoms with Gasteiger partial charge in [-0.2, -0.15) is 0 Å². The lowest BCUT2D eigenvalue weighted by Crippen LogP contribution is -2.27. The summed E-state index contributed by atoms with van der Waals surface area (Å²) in [7, 11) is -2.25. The van der Waals surface area contributed by atoms with Crippen molar-refractivity contribution in [2.75, 3.05) is 16.7 Å². The van der Waals surface area contributed by atoms with Crippen molar-refractivity contribution < 1.29 is 13.2 Å². The second-order valence-electron chi connectivity index (χ2n) is 6.48. The van der Waals surface area contributed by atoms with E-state index in [1.807, 2.05) is 6.92 Å². The first-order valence-electron chi connectivity index (χ1n) is 8.66. The number of nitrogens with zero attached hydrogens (tertiary/aromatic N) is 2. The van der Waals surface area contributed by atoms with Crippen LogP contribution in [0.25, 0.3) is 0 Å². The van der Waals surface area contributed by atoms with Gasteiger partial charge < -0.3 is 5.32 Å². The number of hydrogen-bond donors (Lipinski definition) is 1. The third kappa shape index (κ3) is 4.04. The summed E-state index contributed by atoms with van der Waals surface area (Å²) in [6, 6.07) is 15.1. The Kier molecular flexibility index (Phi) is 5.46. The molecule has 0 unspecified atom stereocenters. The highest BCUT2D eigenvalue weighted by Crippen LogP contribution is 2.27. The van der Waals surface area contributed by atoms with E-state index in [1.165, 1.54) is 11.4 Å².